The van der Waals surface area contributed by atoms with Gasteiger partial charge in [0.05, 0.1) is 0 Å². The molecule has 1 aliphatic rings. The summed E-state index contributed by atoms with van der Waals surface area (Å²) in [5, 5.41) is 7.23. The number of hydrogen-bond acceptors (Lipinski definition) is 3. The molecule has 5 heteroatoms. The van der Waals surface area contributed by atoms with Gasteiger partial charge in [0.25, 0.3) is 5.91 Å². The molecule has 0 unspecified atom stereocenters. The summed E-state index contributed by atoms with van der Waals surface area (Å²) in [6, 6.07) is 3.63. The van der Waals surface area contributed by atoms with Crippen LogP contribution in [0.25, 0.3) is 0 Å². The molecule has 3 rings (SSSR count). The van der Waals surface area contributed by atoms with Crippen LogP contribution in [0.4, 0.5) is 5.69 Å². The van der Waals surface area contributed by atoms with Gasteiger partial charge in [-0.05, 0) is 38.3 Å². The molecule has 0 saturated heterocycles. The minimum absolute atomic E-state index is 0.135. The topological polar surface area (TPSA) is 59.8 Å². The van der Waals surface area contributed by atoms with Crippen molar-refractivity contribution in [2.45, 2.75) is 26.2 Å². The van der Waals surface area contributed by atoms with Crippen molar-refractivity contribution in [1.29, 1.82) is 0 Å². The molecule has 0 saturated carbocycles. The molecule has 98 valence electrons. The molecule has 0 aliphatic heterocycles. The van der Waals surface area contributed by atoms with Gasteiger partial charge in [0.1, 0.15) is 0 Å². The highest BCUT2D eigenvalue weighted by Crippen LogP contribution is 2.25. The lowest BCUT2D eigenvalue weighted by Crippen LogP contribution is -2.15. The van der Waals surface area contributed by atoms with Gasteiger partial charge in [0.2, 0.25) is 0 Å². The predicted molar refractivity (Wildman–Crippen MR) is 72.2 cm³/mol. The van der Waals surface area contributed by atoms with Crippen LogP contribution in [0.3, 0.4) is 0 Å². The van der Waals surface area contributed by atoms with E-state index in [1.165, 1.54) is 5.69 Å². The normalized spacial score (nSPS) is 13.4. The van der Waals surface area contributed by atoms with Gasteiger partial charge in [-0.25, -0.2) is 0 Å². The van der Waals surface area contributed by atoms with Crippen LogP contribution in [0.2, 0.25) is 0 Å². The fourth-order valence-corrected chi connectivity index (χ4v) is 2.61. The number of rotatable bonds is 2. The Morgan fingerprint density at radius 2 is 2.26 bits per heavy atom. The summed E-state index contributed by atoms with van der Waals surface area (Å²) in [5.41, 5.74) is 4.49. The Morgan fingerprint density at radius 3 is 3.05 bits per heavy atom. The largest absolute Gasteiger partial charge is 0.320 e. The number of aromatic nitrogens is 3. The number of hydrogen-bond donors (Lipinski definition) is 1. The fourth-order valence-electron chi connectivity index (χ4n) is 2.61. The van der Waals surface area contributed by atoms with E-state index in [1.807, 2.05) is 24.7 Å². The summed E-state index contributed by atoms with van der Waals surface area (Å²) >= 11 is 0. The third-order valence-corrected chi connectivity index (χ3v) is 3.48. The Morgan fingerprint density at radius 1 is 1.42 bits per heavy atom. The number of aryl methyl sites for hydroxylation is 2. The quantitative estimate of drug-likeness (QED) is 0.892. The molecule has 1 amide bonds. The molecular weight excluding hydrogens is 240 g/mol. The van der Waals surface area contributed by atoms with Crippen molar-refractivity contribution in [3.63, 3.8) is 0 Å². The highest BCUT2D eigenvalue weighted by atomic mass is 16.2. The highest BCUT2D eigenvalue weighted by molar-refractivity contribution is 6.04. The molecule has 0 bridgehead atoms. The summed E-state index contributed by atoms with van der Waals surface area (Å²) in [7, 11) is 1.90. The Labute approximate surface area is 111 Å². The van der Waals surface area contributed by atoms with E-state index in [0.717, 1.165) is 36.2 Å². The van der Waals surface area contributed by atoms with Crippen LogP contribution in [-0.4, -0.2) is 20.7 Å². The van der Waals surface area contributed by atoms with E-state index in [-0.39, 0.29) is 5.91 Å². The summed E-state index contributed by atoms with van der Waals surface area (Å²) in [6.07, 6.45) is 4.76. The van der Waals surface area contributed by atoms with Crippen molar-refractivity contribution in [2.24, 2.45) is 7.05 Å². The molecule has 5 nitrogen and oxygen atoms in total. The van der Waals surface area contributed by atoms with E-state index in [4.69, 9.17) is 0 Å². The van der Waals surface area contributed by atoms with Gasteiger partial charge in [-0.15, -0.1) is 0 Å². The van der Waals surface area contributed by atoms with Crippen molar-refractivity contribution < 1.29 is 4.79 Å². The molecule has 2 aromatic heterocycles. The maximum absolute atomic E-state index is 12.3. The fraction of sp³-hybridized carbons (Fsp3) is 0.357. The second-order valence-corrected chi connectivity index (χ2v) is 4.89. The first kappa shape index (κ1) is 11.9. The molecule has 2 aromatic rings. The molecule has 2 heterocycles. The lowest BCUT2D eigenvalue weighted by molar-refractivity contribution is 0.102. The van der Waals surface area contributed by atoms with Gasteiger partial charge in [0, 0.05) is 35.9 Å². The minimum atomic E-state index is -0.135. The molecular formula is C14H16N4O. The van der Waals surface area contributed by atoms with Gasteiger partial charge in [-0.1, -0.05) is 0 Å². The first-order valence-corrected chi connectivity index (χ1v) is 6.44. The average molecular weight is 256 g/mol. The van der Waals surface area contributed by atoms with E-state index in [1.54, 1.807) is 12.3 Å². The van der Waals surface area contributed by atoms with Crippen molar-refractivity contribution in [1.82, 2.24) is 14.8 Å². The SMILES string of the molecule is Cc1cc(NC(=O)c2nn(C)c3c2CCC3)ccn1. The molecule has 0 radical (unpaired) electrons. The second-order valence-electron chi connectivity index (χ2n) is 4.89. The van der Waals surface area contributed by atoms with Crippen LogP contribution in [-0.2, 0) is 19.9 Å². The Balaban J connectivity index is 1.87. The summed E-state index contributed by atoms with van der Waals surface area (Å²) in [4.78, 5) is 16.4. The van der Waals surface area contributed by atoms with Gasteiger partial charge in [0.15, 0.2) is 5.69 Å². The zero-order valence-electron chi connectivity index (χ0n) is 11.1. The van der Waals surface area contributed by atoms with Gasteiger partial charge in [-0.2, -0.15) is 5.10 Å². The van der Waals surface area contributed by atoms with Crippen molar-refractivity contribution >= 4 is 11.6 Å². The molecule has 19 heavy (non-hydrogen) atoms. The van der Waals surface area contributed by atoms with Crippen LogP contribution in [0.15, 0.2) is 18.3 Å². The van der Waals surface area contributed by atoms with E-state index >= 15 is 0 Å². The molecule has 1 N–H and O–H groups in total. The van der Waals surface area contributed by atoms with E-state index in [9.17, 15) is 4.79 Å². The molecule has 0 aromatic carbocycles. The molecule has 0 fully saturated rings. The van der Waals surface area contributed by atoms with E-state index in [2.05, 4.69) is 15.4 Å². The smallest absolute Gasteiger partial charge is 0.276 e. The number of anilines is 1. The highest BCUT2D eigenvalue weighted by Gasteiger charge is 2.25. The standard InChI is InChI=1S/C14H16N4O/c1-9-8-10(6-7-15-9)16-14(19)13-11-4-3-5-12(11)18(2)17-13/h6-8H,3-5H2,1-2H3,(H,15,16,19). The maximum Gasteiger partial charge on any atom is 0.276 e. The monoisotopic (exact) mass is 256 g/mol. The average Bonchev–Trinajstić information content (AvgIpc) is 2.93. The Bertz CT molecular complexity index is 645. The summed E-state index contributed by atoms with van der Waals surface area (Å²) < 4.78 is 1.83. The Kier molecular flexibility index (Phi) is 2.81. The van der Waals surface area contributed by atoms with Crippen LogP contribution < -0.4 is 5.32 Å². The third-order valence-electron chi connectivity index (χ3n) is 3.48. The summed E-state index contributed by atoms with van der Waals surface area (Å²) in [6.45, 7) is 1.90. The maximum atomic E-state index is 12.3. The van der Waals surface area contributed by atoms with Crippen molar-refractivity contribution in [3.8, 4) is 0 Å². The lowest BCUT2D eigenvalue weighted by atomic mass is 10.2. The van der Waals surface area contributed by atoms with Gasteiger partial charge < -0.3 is 5.32 Å². The minimum Gasteiger partial charge on any atom is -0.320 e. The second kappa shape index (κ2) is 4.50. The first-order chi connectivity index (χ1) is 9.15. The number of carbonyl (C=O) groups excluding carboxylic acids is 1. The lowest BCUT2D eigenvalue weighted by Gasteiger charge is -2.04. The van der Waals surface area contributed by atoms with Crippen LogP contribution >= 0.6 is 0 Å². The number of nitrogens with one attached hydrogen (secondary N) is 1. The molecule has 0 atom stereocenters. The predicted octanol–water partition coefficient (Wildman–Crippen LogP) is 1.86. The zero-order valence-corrected chi connectivity index (χ0v) is 11.1. The number of carbonyl (C=O) groups is 1. The van der Waals surface area contributed by atoms with E-state index < -0.39 is 0 Å². The van der Waals surface area contributed by atoms with Crippen molar-refractivity contribution in [3.05, 3.63) is 41.0 Å². The number of pyridine rings is 1. The Hall–Kier alpha value is -2.17. The molecule has 1 aliphatic carbocycles. The summed E-state index contributed by atoms with van der Waals surface area (Å²) in [5.74, 6) is -0.135. The van der Waals surface area contributed by atoms with Gasteiger partial charge >= 0.3 is 0 Å². The van der Waals surface area contributed by atoms with Crippen LogP contribution in [0.1, 0.15) is 33.9 Å². The van der Waals surface area contributed by atoms with Crippen LogP contribution in [0.5, 0.6) is 0 Å². The zero-order chi connectivity index (χ0) is 13.4. The molecule has 0 spiro atoms. The first-order valence-electron chi connectivity index (χ1n) is 6.44. The van der Waals surface area contributed by atoms with E-state index in [0.29, 0.717) is 5.69 Å². The number of nitrogens with zero attached hydrogens (tertiary/aromatic N) is 3. The van der Waals surface area contributed by atoms with Crippen molar-refractivity contribution in [2.75, 3.05) is 5.32 Å². The number of amides is 1. The van der Waals surface area contributed by atoms with Gasteiger partial charge in [-0.3, -0.25) is 14.5 Å². The third kappa shape index (κ3) is 2.12. The van der Waals surface area contributed by atoms with Crippen LogP contribution in [0, 0.1) is 6.92 Å². The number of fused-ring (bicyclic) bond motifs is 1.